The van der Waals surface area contributed by atoms with E-state index in [1.807, 2.05) is 0 Å². The topological polar surface area (TPSA) is 190 Å². The van der Waals surface area contributed by atoms with E-state index in [-0.39, 0.29) is 39.5 Å². The van der Waals surface area contributed by atoms with Gasteiger partial charge in [-0.25, -0.2) is 0 Å². The van der Waals surface area contributed by atoms with Crippen molar-refractivity contribution in [2.45, 2.75) is 30.7 Å². The molecule has 0 amide bonds. The third-order valence-corrected chi connectivity index (χ3v) is 5.13. The van der Waals surface area contributed by atoms with E-state index in [1.165, 1.54) is 18.2 Å². The summed E-state index contributed by atoms with van der Waals surface area (Å²) in [5.74, 6) is -1.34. The Morgan fingerprint density at radius 1 is 0.906 bits per heavy atom. The van der Waals surface area contributed by atoms with Crippen LogP contribution in [0.2, 0.25) is 0 Å². The van der Waals surface area contributed by atoms with Crippen LogP contribution in [0.1, 0.15) is 0 Å². The fourth-order valence-corrected chi connectivity index (χ4v) is 3.44. The lowest BCUT2D eigenvalue weighted by molar-refractivity contribution is -0.277. The maximum Gasteiger partial charge on any atom is 0.229 e. The molecule has 2 heterocycles. The van der Waals surface area contributed by atoms with E-state index in [9.17, 15) is 40.5 Å². The number of hydrogen-bond donors (Lipinski definition) is 7. The third kappa shape index (κ3) is 3.83. The van der Waals surface area contributed by atoms with Gasteiger partial charge in [-0.3, -0.25) is 4.79 Å². The Bertz CT molecular complexity index is 1200. The molecule has 170 valence electrons. The monoisotopic (exact) mass is 448 g/mol. The molecule has 0 bridgehead atoms. The largest absolute Gasteiger partial charge is 0.508 e. The average molecular weight is 448 g/mol. The minimum Gasteiger partial charge on any atom is -0.508 e. The summed E-state index contributed by atoms with van der Waals surface area (Å²) in [4.78, 5) is 12.9. The van der Waals surface area contributed by atoms with Crippen LogP contribution in [0.25, 0.3) is 22.3 Å². The maximum atomic E-state index is 12.9. The molecule has 0 saturated carbocycles. The third-order valence-electron chi connectivity index (χ3n) is 5.13. The van der Waals surface area contributed by atoms with Crippen molar-refractivity contribution in [2.75, 3.05) is 6.61 Å². The van der Waals surface area contributed by atoms with Crippen LogP contribution in [-0.2, 0) is 4.74 Å². The van der Waals surface area contributed by atoms with Crippen molar-refractivity contribution >= 4 is 11.0 Å². The molecule has 1 aliphatic rings. The van der Waals surface area contributed by atoms with Gasteiger partial charge >= 0.3 is 0 Å². The van der Waals surface area contributed by atoms with E-state index in [0.717, 1.165) is 18.2 Å². The Balaban J connectivity index is 1.76. The zero-order valence-electron chi connectivity index (χ0n) is 16.3. The zero-order chi connectivity index (χ0) is 23.2. The van der Waals surface area contributed by atoms with E-state index in [1.54, 1.807) is 0 Å². The van der Waals surface area contributed by atoms with Crippen molar-refractivity contribution in [2.24, 2.45) is 0 Å². The summed E-state index contributed by atoms with van der Waals surface area (Å²) in [7, 11) is 0. The molecule has 0 unspecified atom stereocenters. The molecular formula is C21H20O11. The summed E-state index contributed by atoms with van der Waals surface area (Å²) < 4.78 is 16.5. The molecule has 32 heavy (non-hydrogen) atoms. The van der Waals surface area contributed by atoms with Gasteiger partial charge in [-0.15, -0.1) is 0 Å². The number of aliphatic hydroxyl groups excluding tert-OH is 4. The SMILES string of the molecule is O=c1cc(-c2ccc(O)c(O)c2)oc2cc(O)cc(O[C@H]3O[C@H](CO)[C@@H](O)[C@H](O)[C@H]3O)c12. The zero-order valence-corrected chi connectivity index (χ0v) is 16.3. The summed E-state index contributed by atoms with van der Waals surface area (Å²) in [6.07, 6.45) is -7.82. The van der Waals surface area contributed by atoms with Crippen molar-refractivity contribution in [3.63, 3.8) is 0 Å². The van der Waals surface area contributed by atoms with Crippen LogP contribution >= 0.6 is 0 Å². The first-order valence-corrected chi connectivity index (χ1v) is 9.50. The molecule has 1 fully saturated rings. The minimum atomic E-state index is -1.73. The van der Waals surface area contributed by atoms with Crippen LogP contribution in [0.15, 0.2) is 45.6 Å². The van der Waals surface area contributed by atoms with Gasteiger partial charge in [0.15, 0.2) is 16.9 Å². The Kier molecular flexibility index (Phi) is 5.67. The second-order valence-electron chi connectivity index (χ2n) is 7.31. The lowest BCUT2D eigenvalue weighted by Gasteiger charge is -2.39. The molecule has 1 aromatic heterocycles. The van der Waals surface area contributed by atoms with Crippen molar-refractivity contribution < 1.29 is 49.6 Å². The first kappa shape index (κ1) is 21.9. The van der Waals surface area contributed by atoms with Crippen molar-refractivity contribution in [1.29, 1.82) is 0 Å². The highest BCUT2D eigenvalue weighted by atomic mass is 16.7. The van der Waals surface area contributed by atoms with Crippen LogP contribution in [0.3, 0.4) is 0 Å². The Morgan fingerprint density at radius 2 is 1.66 bits per heavy atom. The fraction of sp³-hybridized carbons (Fsp3) is 0.286. The number of benzene rings is 2. The van der Waals surface area contributed by atoms with Gasteiger partial charge in [-0.2, -0.15) is 0 Å². The van der Waals surface area contributed by atoms with E-state index < -0.39 is 48.5 Å². The van der Waals surface area contributed by atoms with Gasteiger partial charge in [-0.1, -0.05) is 0 Å². The number of phenolic OH excluding ortho intramolecular Hbond substituents is 3. The van der Waals surface area contributed by atoms with Gasteiger partial charge in [0.05, 0.1) is 6.61 Å². The molecule has 0 spiro atoms. The highest BCUT2D eigenvalue weighted by Gasteiger charge is 2.45. The Hall–Kier alpha value is -3.35. The summed E-state index contributed by atoms with van der Waals surface area (Å²) in [6.45, 7) is -0.670. The molecular weight excluding hydrogens is 428 g/mol. The normalized spacial score (nSPS) is 25.7. The standard InChI is InChI=1S/C21H20O11/c22-7-16-18(27)19(28)20(29)21(32-16)31-15-5-9(23)4-14-17(15)12(26)6-13(30-14)8-1-2-10(24)11(25)3-8/h1-6,16,18-25,27-29H,7H2/t16-,18-,19+,20-,21+/m1/s1. The van der Waals surface area contributed by atoms with Gasteiger partial charge in [0.25, 0.3) is 0 Å². The molecule has 7 N–H and O–H groups in total. The average Bonchev–Trinajstić information content (AvgIpc) is 2.75. The highest BCUT2D eigenvalue weighted by Crippen LogP contribution is 2.35. The van der Waals surface area contributed by atoms with Crippen LogP contribution in [0, 0.1) is 0 Å². The molecule has 3 aromatic rings. The molecule has 2 aromatic carbocycles. The van der Waals surface area contributed by atoms with Crippen LogP contribution in [0.4, 0.5) is 0 Å². The summed E-state index contributed by atoms with van der Waals surface area (Å²) in [5, 5.41) is 68.4. The molecule has 4 rings (SSSR count). The number of phenols is 3. The van der Waals surface area contributed by atoms with Gasteiger partial charge in [0, 0.05) is 23.8 Å². The molecule has 11 nitrogen and oxygen atoms in total. The van der Waals surface area contributed by atoms with Crippen LogP contribution in [0.5, 0.6) is 23.0 Å². The van der Waals surface area contributed by atoms with E-state index in [2.05, 4.69) is 0 Å². The van der Waals surface area contributed by atoms with Gasteiger partial charge in [0.2, 0.25) is 6.29 Å². The first-order valence-electron chi connectivity index (χ1n) is 9.50. The quantitative estimate of drug-likeness (QED) is 0.261. The predicted molar refractivity (Wildman–Crippen MR) is 107 cm³/mol. The van der Waals surface area contributed by atoms with Gasteiger partial charge in [-0.05, 0) is 18.2 Å². The Labute approximate surface area is 179 Å². The second kappa shape index (κ2) is 8.30. The number of aromatic hydroxyl groups is 3. The van der Waals surface area contributed by atoms with Crippen molar-refractivity contribution in [3.8, 4) is 34.3 Å². The lowest BCUT2D eigenvalue weighted by Crippen LogP contribution is -2.60. The van der Waals surface area contributed by atoms with Crippen LogP contribution < -0.4 is 10.2 Å². The van der Waals surface area contributed by atoms with Gasteiger partial charge < -0.3 is 49.6 Å². The number of hydrogen-bond acceptors (Lipinski definition) is 11. The minimum absolute atomic E-state index is 0.0298. The smallest absolute Gasteiger partial charge is 0.229 e. The number of aliphatic hydroxyl groups is 4. The maximum absolute atomic E-state index is 12.9. The molecule has 1 saturated heterocycles. The molecule has 5 atom stereocenters. The van der Waals surface area contributed by atoms with Crippen molar-refractivity contribution in [3.05, 3.63) is 46.6 Å². The summed E-state index contributed by atoms with van der Waals surface area (Å²) in [6, 6.07) is 7.14. The number of rotatable bonds is 4. The predicted octanol–water partition coefficient (Wildman–Crippen LogP) is -0.245. The second-order valence-corrected chi connectivity index (χ2v) is 7.31. The van der Waals surface area contributed by atoms with Crippen LogP contribution in [-0.4, -0.2) is 73.1 Å². The number of ether oxygens (including phenoxy) is 2. The fourth-order valence-electron chi connectivity index (χ4n) is 3.44. The van der Waals surface area contributed by atoms with E-state index in [0.29, 0.717) is 0 Å². The first-order chi connectivity index (χ1) is 15.2. The highest BCUT2D eigenvalue weighted by molar-refractivity contribution is 5.86. The number of fused-ring (bicyclic) bond motifs is 1. The summed E-state index contributed by atoms with van der Waals surface area (Å²) >= 11 is 0. The molecule has 1 aliphatic heterocycles. The lowest BCUT2D eigenvalue weighted by atomic mass is 9.99. The van der Waals surface area contributed by atoms with E-state index >= 15 is 0 Å². The van der Waals surface area contributed by atoms with Crippen molar-refractivity contribution in [1.82, 2.24) is 0 Å². The molecule has 0 radical (unpaired) electrons. The molecule has 11 heteroatoms. The Morgan fingerprint density at radius 3 is 2.34 bits per heavy atom. The summed E-state index contributed by atoms with van der Waals surface area (Å²) in [5.41, 5.74) is -0.424. The van der Waals surface area contributed by atoms with E-state index in [4.69, 9.17) is 13.9 Å². The van der Waals surface area contributed by atoms with Gasteiger partial charge in [0.1, 0.15) is 52.6 Å². The molecule has 0 aliphatic carbocycles.